The summed E-state index contributed by atoms with van der Waals surface area (Å²) in [6.07, 6.45) is 2.71. The molecule has 2 aliphatic rings. The van der Waals surface area contributed by atoms with Crippen LogP contribution in [0.2, 0.25) is 0 Å². The van der Waals surface area contributed by atoms with Crippen molar-refractivity contribution < 1.29 is 4.79 Å². The van der Waals surface area contributed by atoms with E-state index < -0.39 is 0 Å². The molecule has 2 aromatic heterocycles. The Morgan fingerprint density at radius 1 is 1.00 bits per heavy atom. The van der Waals surface area contributed by atoms with Crippen LogP contribution in [0, 0.1) is 11.8 Å². The fourth-order valence-electron chi connectivity index (χ4n) is 4.35. The number of anilines is 1. The van der Waals surface area contributed by atoms with Crippen molar-refractivity contribution >= 4 is 11.6 Å². The molecular formula is C21H22N6O. The molecule has 0 aliphatic carbocycles. The Morgan fingerprint density at radius 2 is 1.82 bits per heavy atom. The average Bonchev–Trinajstić information content (AvgIpc) is 3.30. The fourth-order valence-corrected chi connectivity index (χ4v) is 4.35. The molecule has 0 spiro atoms. The lowest BCUT2D eigenvalue weighted by atomic mass is 9.89. The molecule has 142 valence electrons. The Labute approximate surface area is 163 Å². The van der Waals surface area contributed by atoms with Crippen molar-refractivity contribution in [1.82, 2.24) is 24.6 Å². The maximum absolute atomic E-state index is 12.7. The summed E-state index contributed by atoms with van der Waals surface area (Å²) in [4.78, 5) is 19.6. The Balaban J connectivity index is 1.29. The second-order valence-corrected chi connectivity index (χ2v) is 7.61. The molecule has 0 bridgehead atoms. The predicted octanol–water partition coefficient (Wildman–Crippen LogP) is 2.23. The van der Waals surface area contributed by atoms with E-state index in [9.17, 15) is 4.79 Å². The van der Waals surface area contributed by atoms with Crippen LogP contribution in [0.15, 0.2) is 54.7 Å². The van der Waals surface area contributed by atoms with Crippen LogP contribution < -0.4 is 5.32 Å². The fraction of sp³-hybridized carbons (Fsp3) is 0.333. The molecule has 2 atom stereocenters. The molecule has 2 aliphatic heterocycles. The number of carbonyl (C=O) groups excluding carboxylic acids is 1. The monoisotopic (exact) mass is 374 g/mol. The number of benzene rings is 1. The van der Waals surface area contributed by atoms with Crippen LogP contribution in [-0.4, -0.2) is 43.6 Å². The van der Waals surface area contributed by atoms with Crippen LogP contribution in [0.5, 0.6) is 0 Å². The number of carbonyl (C=O) groups is 1. The molecule has 1 amide bonds. The molecule has 4 heterocycles. The average molecular weight is 374 g/mol. The molecule has 7 heteroatoms. The van der Waals surface area contributed by atoms with Gasteiger partial charge in [0.25, 0.3) is 5.91 Å². The Morgan fingerprint density at radius 3 is 2.64 bits per heavy atom. The SMILES string of the molecule is O=C(Nc1ccccc1)c1nnc2n1C[C@@H]1CN(Cc3ccccn3)C[C@@H]1C2. The standard InChI is InChI=1S/C21H22N6O/c28-21(23-17-6-2-1-3-7-17)20-25-24-19-10-15-11-26(12-16(15)13-27(19)20)14-18-8-4-5-9-22-18/h1-9,15-16H,10-14H2,(H,23,28)/t15-,16-/m0/s1. The lowest BCUT2D eigenvalue weighted by molar-refractivity contribution is 0.100. The van der Waals surface area contributed by atoms with Gasteiger partial charge in [-0.25, -0.2) is 0 Å². The number of rotatable bonds is 4. The van der Waals surface area contributed by atoms with Gasteiger partial charge in [-0.2, -0.15) is 0 Å². The highest BCUT2D eigenvalue weighted by Gasteiger charge is 2.39. The van der Waals surface area contributed by atoms with Gasteiger partial charge in [0.1, 0.15) is 5.82 Å². The summed E-state index contributed by atoms with van der Waals surface area (Å²) < 4.78 is 2.00. The largest absolute Gasteiger partial charge is 0.319 e. The first-order valence-electron chi connectivity index (χ1n) is 9.67. The summed E-state index contributed by atoms with van der Waals surface area (Å²) in [6, 6.07) is 15.5. The number of pyridine rings is 1. The zero-order valence-electron chi connectivity index (χ0n) is 15.5. The van der Waals surface area contributed by atoms with Gasteiger partial charge in [0.15, 0.2) is 0 Å². The predicted molar refractivity (Wildman–Crippen MR) is 105 cm³/mol. The van der Waals surface area contributed by atoms with Gasteiger partial charge < -0.3 is 9.88 Å². The van der Waals surface area contributed by atoms with Gasteiger partial charge in [0.2, 0.25) is 5.82 Å². The normalized spacial score (nSPS) is 21.1. The third-order valence-electron chi connectivity index (χ3n) is 5.69. The van der Waals surface area contributed by atoms with Gasteiger partial charge in [0, 0.05) is 44.5 Å². The lowest BCUT2D eigenvalue weighted by Gasteiger charge is -2.25. The van der Waals surface area contributed by atoms with E-state index in [1.54, 1.807) is 0 Å². The highest BCUT2D eigenvalue weighted by Crippen LogP contribution is 2.33. The topological polar surface area (TPSA) is 75.9 Å². The molecule has 1 aromatic carbocycles. The van der Waals surface area contributed by atoms with Gasteiger partial charge in [-0.1, -0.05) is 24.3 Å². The summed E-state index contributed by atoms with van der Waals surface area (Å²) in [7, 11) is 0. The second-order valence-electron chi connectivity index (χ2n) is 7.61. The van der Waals surface area contributed by atoms with Crippen LogP contribution >= 0.6 is 0 Å². The van der Waals surface area contributed by atoms with Crippen LogP contribution in [0.25, 0.3) is 0 Å². The van der Waals surface area contributed by atoms with Crippen molar-refractivity contribution in [1.29, 1.82) is 0 Å². The van der Waals surface area contributed by atoms with E-state index in [2.05, 4.69) is 31.5 Å². The summed E-state index contributed by atoms with van der Waals surface area (Å²) >= 11 is 0. The van der Waals surface area contributed by atoms with Crippen LogP contribution in [0.4, 0.5) is 5.69 Å². The molecular weight excluding hydrogens is 352 g/mol. The van der Waals surface area contributed by atoms with Crippen molar-refractivity contribution in [2.24, 2.45) is 11.8 Å². The van der Waals surface area contributed by atoms with Gasteiger partial charge >= 0.3 is 0 Å². The molecule has 0 unspecified atom stereocenters. The van der Waals surface area contributed by atoms with Gasteiger partial charge in [-0.3, -0.25) is 14.7 Å². The van der Waals surface area contributed by atoms with E-state index >= 15 is 0 Å². The number of aromatic nitrogens is 4. The quantitative estimate of drug-likeness (QED) is 0.758. The van der Waals surface area contributed by atoms with E-state index in [0.717, 1.165) is 49.8 Å². The smallest absolute Gasteiger partial charge is 0.293 e. The number of hydrogen-bond donors (Lipinski definition) is 1. The van der Waals surface area contributed by atoms with E-state index in [1.165, 1.54) is 0 Å². The maximum Gasteiger partial charge on any atom is 0.293 e. The van der Waals surface area contributed by atoms with E-state index in [4.69, 9.17) is 0 Å². The third kappa shape index (κ3) is 3.29. The zero-order chi connectivity index (χ0) is 18.9. The number of fused-ring (bicyclic) bond motifs is 2. The second kappa shape index (κ2) is 7.16. The third-order valence-corrected chi connectivity index (χ3v) is 5.69. The Bertz CT molecular complexity index is 971. The first-order valence-corrected chi connectivity index (χ1v) is 9.67. The highest BCUT2D eigenvalue weighted by molar-refractivity contribution is 6.01. The number of para-hydroxylation sites is 1. The summed E-state index contributed by atoms with van der Waals surface area (Å²) in [6.45, 7) is 3.72. The molecule has 7 nitrogen and oxygen atoms in total. The number of amides is 1. The molecule has 1 fully saturated rings. The molecule has 3 aromatic rings. The molecule has 0 saturated carbocycles. The van der Waals surface area contributed by atoms with E-state index in [0.29, 0.717) is 17.7 Å². The molecule has 1 N–H and O–H groups in total. The van der Waals surface area contributed by atoms with E-state index in [1.807, 2.05) is 53.2 Å². The number of nitrogens with one attached hydrogen (secondary N) is 1. The van der Waals surface area contributed by atoms with E-state index in [-0.39, 0.29) is 5.91 Å². The summed E-state index contributed by atoms with van der Waals surface area (Å²) in [5.41, 5.74) is 1.87. The Kier molecular flexibility index (Phi) is 4.37. The minimum absolute atomic E-state index is 0.202. The number of hydrogen-bond acceptors (Lipinski definition) is 5. The highest BCUT2D eigenvalue weighted by atomic mass is 16.2. The minimum atomic E-state index is -0.202. The number of nitrogens with zero attached hydrogens (tertiary/aromatic N) is 5. The lowest BCUT2D eigenvalue weighted by Crippen LogP contribution is -2.31. The maximum atomic E-state index is 12.7. The molecule has 28 heavy (non-hydrogen) atoms. The van der Waals surface area contributed by atoms with Crippen molar-refractivity contribution in [2.75, 3.05) is 18.4 Å². The van der Waals surface area contributed by atoms with Crippen molar-refractivity contribution in [3.05, 3.63) is 72.1 Å². The summed E-state index contributed by atoms with van der Waals surface area (Å²) in [5, 5.41) is 11.4. The molecule has 0 radical (unpaired) electrons. The Hall–Kier alpha value is -3.06. The van der Waals surface area contributed by atoms with Crippen LogP contribution in [0.1, 0.15) is 22.1 Å². The molecule has 5 rings (SSSR count). The van der Waals surface area contributed by atoms with Gasteiger partial charge in [-0.15, -0.1) is 10.2 Å². The van der Waals surface area contributed by atoms with Gasteiger partial charge in [-0.05, 0) is 36.1 Å². The number of likely N-dealkylation sites (tertiary alicyclic amines) is 1. The first-order chi connectivity index (χ1) is 13.8. The molecule has 1 saturated heterocycles. The van der Waals surface area contributed by atoms with Crippen molar-refractivity contribution in [2.45, 2.75) is 19.5 Å². The summed E-state index contributed by atoms with van der Waals surface area (Å²) in [5.74, 6) is 2.19. The van der Waals surface area contributed by atoms with Crippen molar-refractivity contribution in [3.8, 4) is 0 Å². The van der Waals surface area contributed by atoms with Crippen LogP contribution in [0.3, 0.4) is 0 Å². The van der Waals surface area contributed by atoms with Gasteiger partial charge in [0.05, 0.1) is 5.69 Å². The minimum Gasteiger partial charge on any atom is -0.319 e. The first kappa shape index (κ1) is 17.1. The zero-order valence-corrected chi connectivity index (χ0v) is 15.5. The van der Waals surface area contributed by atoms with Crippen molar-refractivity contribution in [3.63, 3.8) is 0 Å². The van der Waals surface area contributed by atoms with Crippen LogP contribution in [-0.2, 0) is 19.5 Å².